The van der Waals surface area contributed by atoms with Crippen LogP contribution in [0.3, 0.4) is 0 Å². The molecule has 1 atom stereocenters. The van der Waals surface area contributed by atoms with Crippen LogP contribution >= 0.6 is 0 Å². The van der Waals surface area contributed by atoms with E-state index in [2.05, 4.69) is 10.1 Å². The van der Waals surface area contributed by atoms with Gasteiger partial charge in [0, 0.05) is 36.8 Å². The molecule has 0 aliphatic heterocycles. The number of hydrogen-bond donors (Lipinski definition) is 1. The van der Waals surface area contributed by atoms with E-state index in [-0.39, 0.29) is 0 Å². The minimum atomic E-state index is -0.646. The lowest BCUT2D eigenvalue weighted by atomic mass is 10.0. The van der Waals surface area contributed by atoms with E-state index in [4.69, 9.17) is 0 Å². The number of rotatable bonds is 2. The van der Waals surface area contributed by atoms with E-state index in [1.165, 1.54) is 0 Å². The SMILES string of the molecule is Cc1nn(C)cc1C(O)c1cccnc1. The first-order valence-corrected chi connectivity index (χ1v) is 4.76. The summed E-state index contributed by atoms with van der Waals surface area (Å²) in [5, 5.41) is 14.3. The number of pyridine rings is 1. The highest BCUT2D eigenvalue weighted by molar-refractivity contribution is 5.28. The van der Waals surface area contributed by atoms with Crippen molar-refractivity contribution in [1.29, 1.82) is 0 Å². The normalized spacial score (nSPS) is 12.7. The summed E-state index contributed by atoms with van der Waals surface area (Å²) in [7, 11) is 1.84. The number of aryl methyl sites for hydroxylation is 2. The molecule has 1 N–H and O–H groups in total. The number of nitrogens with zero attached hydrogens (tertiary/aromatic N) is 3. The van der Waals surface area contributed by atoms with Crippen LogP contribution in [0.5, 0.6) is 0 Å². The average molecular weight is 203 g/mol. The molecule has 0 aliphatic rings. The third-order valence-corrected chi connectivity index (χ3v) is 2.35. The summed E-state index contributed by atoms with van der Waals surface area (Å²) in [4.78, 5) is 3.98. The van der Waals surface area contributed by atoms with Crippen molar-refractivity contribution in [2.24, 2.45) is 7.05 Å². The van der Waals surface area contributed by atoms with Crippen LogP contribution in [0.15, 0.2) is 30.7 Å². The maximum Gasteiger partial charge on any atom is 0.109 e. The maximum atomic E-state index is 10.1. The van der Waals surface area contributed by atoms with E-state index in [9.17, 15) is 5.11 Å². The van der Waals surface area contributed by atoms with Crippen LogP contribution < -0.4 is 0 Å². The van der Waals surface area contributed by atoms with E-state index in [1.807, 2.05) is 32.3 Å². The third-order valence-electron chi connectivity index (χ3n) is 2.35. The van der Waals surface area contributed by atoms with Gasteiger partial charge in [-0.25, -0.2) is 0 Å². The van der Waals surface area contributed by atoms with Crippen LogP contribution in [0.1, 0.15) is 22.9 Å². The van der Waals surface area contributed by atoms with Gasteiger partial charge in [-0.1, -0.05) is 6.07 Å². The molecule has 0 saturated heterocycles. The second-order valence-corrected chi connectivity index (χ2v) is 3.53. The quantitative estimate of drug-likeness (QED) is 0.798. The monoisotopic (exact) mass is 203 g/mol. The van der Waals surface area contributed by atoms with Gasteiger partial charge in [0.15, 0.2) is 0 Å². The predicted molar refractivity (Wildman–Crippen MR) is 56.2 cm³/mol. The van der Waals surface area contributed by atoms with Gasteiger partial charge >= 0.3 is 0 Å². The fraction of sp³-hybridized carbons (Fsp3) is 0.273. The van der Waals surface area contributed by atoms with Crippen molar-refractivity contribution in [3.05, 3.63) is 47.5 Å². The molecule has 0 bridgehead atoms. The van der Waals surface area contributed by atoms with Crippen LogP contribution in [0.2, 0.25) is 0 Å². The molecule has 4 heteroatoms. The van der Waals surface area contributed by atoms with Crippen molar-refractivity contribution in [2.75, 3.05) is 0 Å². The zero-order valence-electron chi connectivity index (χ0n) is 8.75. The molecular formula is C11H13N3O. The van der Waals surface area contributed by atoms with Crippen LogP contribution in [0.4, 0.5) is 0 Å². The largest absolute Gasteiger partial charge is 0.383 e. The Hall–Kier alpha value is -1.68. The fourth-order valence-electron chi connectivity index (χ4n) is 1.60. The first kappa shape index (κ1) is 9.86. The second kappa shape index (κ2) is 3.82. The molecule has 0 aromatic carbocycles. The van der Waals surface area contributed by atoms with Gasteiger partial charge in [-0.2, -0.15) is 5.10 Å². The average Bonchev–Trinajstić information content (AvgIpc) is 2.58. The molecule has 2 aromatic heterocycles. The maximum absolute atomic E-state index is 10.1. The summed E-state index contributed by atoms with van der Waals surface area (Å²) >= 11 is 0. The van der Waals surface area contributed by atoms with Crippen molar-refractivity contribution < 1.29 is 5.11 Å². The molecule has 0 saturated carbocycles. The standard InChI is InChI=1S/C11H13N3O/c1-8-10(7-14(2)13-8)11(15)9-4-3-5-12-6-9/h3-7,11,15H,1-2H3. The van der Waals surface area contributed by atoms with Gasteiger partial charge in [0.2, 0.25) is 0 Å². The molecule has 0 amide bonds. The zero-order valence-corrected chi connectivity index (χ0v) is 8.75. The van der Waals surface area contributed by atoms with Crippen molar-refractivity contribution in [1.82, 2.24) is 14.8 Å². The van der Waals surface area contributed by atoms with Gasteiger partial charge < -0.3 is 5.11 Å². The van der Waals surface area contributed by atoms with Crippen molar-refractivity contribution >= 4 is 0 Å². The molecular weight excluding hydrogens is 190 g/mol. The van der Waals surface area contributed by atoms with Gasteiger partial charge in [0.25, 0.3) is 0 Å². The smallest absolute Gasteiger partial charge is 0.109 e. The van der Waals surface area contributed by atoms with Gasteiger partial charge in [-0.15, -0.1) is 0 Å². The van der Waals surface area contributed by atoms with Gasteiger partial charge in [-0.3, -0.25) is 9.67 Å². The van der Waals surface area contributed by atoms with Crippen molar-refractivity contribution in [2.45, 2.75) is 13.0 Å². The summed E-state index contributed by atoms with van der Waals surface area (Å²) in [6.07, 6.45) is 4.53. The highest BCUT2D eigenvalue weighted by Crippen LogP contribution is 2.22. The summed E-state index contributed by atoms with van der Waals surface area (Å²) in [6.45, 7) is 1.88. The van der Waals surface area contributed by atoms with Crippen LogP contribution in [0, 0.1) is 6.92 Å². The predicted octanol–water partition coefficient (Wildman–Crippen LogP) is 1.21. The highest BCUT2D eigenvalue weighted by Gasteiger charge is 2.15. The zero-order chi connectivity index (χ0) is 10.8. The van der Waals surface area contributed by atoms with Gasteiger partial charge in [0.05, 0.1) is 5.69 Å². The molecule has 2 aromatic rings. The Labute approximate surface area is 88.2 Å². The Bertz CT molecular complexity index is 450. The lowest BCUT2D eigenvalue weighted by Gasteiger charge is -2.08. The molecule has 78 valence electrons. The molecule has 0 spiro atoms. The lowest BCUT2D eigenvalue weighted by molar-refractivity contribution is 0.219. The highest BCUT2D eigenvalue weighted by atomic mass is 16.3. The van der Waals surface area contributed by atoms with Gasteiger partial charge in [0.1, 0.15) is 6.10 Å². The number of aromatic nitrogens is 3. The first-order valence-electron chi connectivity index (χ1n) is 4.76. The van der Waals surface area contributed by atoms with Crippen LogP contribution in [-0.2, 0) is 7.05 Å². The molecule has 15 heavy (non-hydrogen) atoms. The summed E-state index contributed by atoms with van der Waals surface area (Å²) < 4.78 is 1.70. The van der Waals surface area contributed by atoms with E-state index >= 15 is 0 Å². The van der Waals surface area contributed by atoms with E-state index in [0.29, 0.717) is 0 Å². The Morgan fingerprint density at radius 2 is 2.27 bits per heavy atom. The van der Waals surface area contributed by atoms with Crippen LogP contribution in [0.25, 0.3) is 0 Å². The summed E-state index contributed by atoms with van der Waals surface area (Å²) in [5.74, 6) is 0. The Kier molecular flexibility index (Phi) is 2.51. The number of hydrogen-bond acceptors (Lipinski definition) is 3. The Balaban J connectivity index is 2.36. The summed E-state index contributed by atoms with van der Waals surface area (Å²) in [6, 6.07) is 3.66. The second-order valence-electron chi connectivity index (χ2n) is 3.53. The molecule has 0 radical (unpaired) electrons. The molecule has 1 unspecified atom stereocenters. The first-order chi connectivity index (χ1) is 7.18. The third kappa shape index (κ3) is 1.89. The molecule has 2 rings (SSSR count). The Morgan fingerprint density at radius 3 is 2.80 bits per heavy atom. The molecule has 0 aliphatic carbocycles. The minimum Gasteiger partial charge on any atom is -0.383 e. The van der Waals surface area contributed by atoms with E-state index < -0.39 is 6.10 Å². The lowest BCUT2D eigenvalue weighted by Crippen LogP contribution is -2.00. The minimum absolute atomic E-state index is 0.646. The molecule has 4 nitrogen and oxygen atoms in total. The van der Waals surface area contributed by atoms with E-state index in [1.54, 1.807) is 17.1 Å². The topological polar surface area (TPSA) is 50.9 Å². The Morgan fingerprint density at radius 1 is 1.47 bits per heavy atom. The van der Waals surface area contributed by atoms with Crippen molar-refractivity contribution in [3.63, 3.8) is 0 Å². The number of aliphatic hydroxyl groups is 1. The van der Waals surface area contributed by atoms with Crippen molar-refractivity contribution in [3.8, 4) is 0 Å². The van der Waals surface area contributed by atoms with E-state index in [0.717, 1.165) is 16.8 Å². The molecule has 2 heterocycles. The summed E-state index contributed by atoms with van der Waals surface area (Å²) in [5.41, 5.74) is 2.45. The van der Waals surface area contributed by atoms with Gasteiger partial charge in [-0.05, 0) is 13.0 Å². The molecule has 0 fully saturated rings. The number of aliphatic hydroxyl groups excluding tert-OH is 1. The fourth-order valence-corrected chi connectivity index (χ4v) is 1.60. The van der Waals surface area contributed by atoms with Crippen LogP contribution in [-0.4, -0.2) is 19.9 Å².